The summed E-state index contributed by atoms with van der Waals surface area (Å²) in [7, 11) is 0. The molecule has 1 N–H and O–H groups in total. The van der Waals surface area contributed by atoms with Gasteiger partial charge in [0.2, 0.25) is 11.9 Å². The number of carbonyl (C=O) groups is 2. The van der Waals surface area contributed by atoms with E-state index >= 15 is 0 Å². The molecule has 1 fully saturated rings. The molecule has 158 valence electrons. The fourth-order valence-corrected chi connectivity index (χ4v) is 3.70. The minimum Gasteiger partial charge on any atom is -0.459 e. The Morgan fingerprint density at radius 2 is 1.83 bits per heavy atom. The Balaban J connectivity index is 1.42. The van der Waals surface area contributed by atoms with Crippen LogP contribution in [-0.4, -0.2) is 63.9 Å². The summed E-state index contributed by atoms with van der Waals surface area (Å²) in [5.41, 5.74) is 1.81. The molecular formula is C22H27N5O3. The van der Waals surface area contributed by atoms with Crippen LogP contribution in [0.1, 0.15) is 30.3 Å². The minimum absolute atomic E-state index is 0.0294. The van der Waals surface area contributed by atoms with Crippen LogP contribution in [0, 0.1) is 0 Å². The van der Waals surface area contributed by atoms with Crippen LogP contribution in [-0.2, 0) is 11.3 Å². The van der Waals surface area contributed by atoms with E-state index in [4.69, 9.17) is 4.42 Å². The number of anilines is 1. The monoisotopic (exact) mass is 409 g/mol. The Labute approximate surface area is 175 Å². The maximum Gasteiger partial charge on any atom is 0.289 e. The number of para-hydroxylation sites is 2. The number of furan rings is 1. The van der Waals surface area contributed by atoms with E-state index in [-0.39, 0.29) is 18.4 Å². The molecule has 0 bridgehead atoms. The number of hydrogen-bond donors (Lipinski definition) is 1. The topological polar surface area (TPSA) is 83.6 Å². The second kappa shape index (κ2) is 9.02. The van der Waals surface area contributed by atoms with Gasteiger partial charge in [0.25, 0.3) is 5.91 Å². The summed E-state index contributed by atoms with van der Waals surface area (Å²) in [6.45, 7) is 5.20. The van der Waals surface area contributed by atoms with Crippen LogP contribution in [0.3, 0.4) is 0 Å². The lowest BCUT2D eigenvalue weighted by atomic mass is 10.2. The fraction of sp³-hybridized carbons (Fsp3) is 0.409. The third kappa shape index (κ3) is 4.17. The third-order valence-corrected chi connectivity index (χ3v) is 5.41. The predicted molar refractivity (Wildman–Crippen MR) is 114 cm³/mol. The molecular weight excluding hydrogens is 382 g/mol. The molecule has 1 saturated heterocycles. The summed E-state index contributed by atoms with van der Waals surface area (Å²) in [6, 6.07) is 11.2. The van der Waals surface area contributed by atoms with Gasteiger partial charge in [-0.25, -0.2) is 4.98 Å². The Morgan fingerprint density at radius 3 is 2.57 bits per heavy atom. The normalized spacial score (nSPS) is 14.3. The molecule has 0 unspecified atom stereocenters. The SMILES string of the molecule is CCCCNc1nc2ccccc2n1CC(=O)N1CCN(C(=O)c2ccco2)CC1. The van der Waals surface area contributed by atoms with Crippen molar-refractivity contribution in [3.8, 4) is 0 Å². The number of nitrogens with one attached hydrogen (secondary N) is 1. The average molecular weight is 409 g/mol. The van der Waals surface area contributed by atoms with Crippen LogP contribution in [0.5, 0.6) is 0 Å². The lowest BCUT2D eigenvalue weighted by molar-refractivity contribution is -0.133. The number of rotatable bonds is 7. The third-order valence-electron chi connectivity index (χ3n) is 5.41. The van der Waals surface area contributed by atoms with E-state index in [9.17, 15) is 9.59 Å². The fourth-order valence-electron chi connectivity index (χ4n) is 3.70. The van der Waals surface area contributed by atoms with Crippen LogP contribution in [0.4, 0.5) is 5.95 Å². The number of nitrogens with zero attached hydrogens (tertiary/aromatic N) is 4. The molecule has 1 aromatic carbocycles. The number of benzene rings is 1. The predicted octanol–water partition coefficient (Wildman–Crippen LogP) is 2.83. The van der Waals surface area contributed by atoms with Gasteiger partial charge in [-0.15, -0.1) is 0 Å². The summed E-state index contributed by atoms with van der Waals surface area (Å²) >= 11 is 0. The van der Waals surface area contributed by atoms with E-state index in [2.05, 4.69) is 17.2 Å². The second-order valence-electron chi connectivity index (χ2n) is 7.44. The highest BCUT2D eigenvalue weighted by Gasteiger charge is 2.26. The molecule has 2 aromatic heterocycles. The maximum atomic E-state index is 13.0. The quantitative estimate of drug-likeness (QED) is 0.607. The largest absolute Gasteiger partial charge is 0.459 e. The zero-order chi connectivity index (χ0) is 20.9. The van der Waals surface area contributed by atoms with Crippen LogP contribution in [0.2, 0.25) is 0 Å². The number of unbranched alkanes of at least 4 members (excludes halogenated alkanes) is 1. The number of piperazine rings is 1. The van der Waals surface area contributed by atoms with Crippen molar-refractivity contribution in [3.63, 3.8) is 0 Å². The molecule has 1 aliphatic rings. The molecule has 4 rings (SSSR count). The van der Waals surface area contributed by atoms with E-state index in [1.165, 1.54) is 6.26 Å². The lowest BCUT2D eigenvalue weighted by Crippen LogP contribution is -2.51. The molecule has 0 radical (unpaired) electrons. The van der Waals surface area contributed by atoms with Crippen molar-refractivity contribution in [2.24, 2.45) is 0 Å². The van der Waals surface area contributed by atoms with Crippen LogP contribution in [0.25, 0.3) is 11.0 Å². The zero-order valence-corrected chi connectivity index (χ0v) is 17.2. The number of aromatic nitrogens is 2. The number of hydrogen-bond acceptors (Lipinski definition) is 5. The minimum atomic E-state index is -0.130. The molecule has 3 heterocycles. The summed E-state index contributed by atoms with van der Waals surface area (Å²) in [6.07, 6.45) is 3.63. The molecule has 0 aliphatic carbocycles. The van der Waals surface area contributed by atoms with Crippen LogP contribution >= 0.6 is 0 Å². The maximum absolute atomic E-state index is 13.0. The van der Waals surface area contributed by atoms with Gasteiger partial charge in [0.1, 0.15) is 6.54 Å². The van der Waals surface area contributed by atoms with Gasteiger partial charge in [-0.1, -0.05) is 25.5 Å². The number of fused-ring (bicyclic) bond motifs is 1. The standard InChI is InChI=1S/C22H27N5O3/c1-2-3-10-23-22-24-17-7-4-5-8-18(17)27(22)16-20(28)25-11-13-26(14-12-25)21(29)19-9-6-15-30-19/h4-9,15H,2-3,10-14,16H2,1H3,(H,23,24). The molecule has 0 spiro atoms. The van der Waals surface area contributed by atoms with E-state index in [1.54, 1.807) is 17.0 Å². The Hall–Kier alpha value is -3.29. The summed E-state index contributed by atoms with van der Waals surface area (Å²) < 4.78 is 7.15. The highest BCUT2D eigenvalue weighted by molar-refractivity contribution is 5.91. The van der Waals surface area contributed by atoms with Gasteiger partial charge in [-0.2, -0.15) is 0 Å². The Bertz CT molecular complexity index is 1000. The second-order valence-corrected chi connectivity index (χ2v) is 7.44. The molecule has 0 saturated carbocycles. The van der Waals surface area contributed by atoms with Crippen molar-refractivity contribution in [2.45, 2.75) is 26.3 Å². The smallest absolute Gasteiger partial charge is 0.289 e. The van der Waals surface area contributed by atoms with E-state index in [0.717, 1.165) is 36.4 Å². The number of amides is 2. The van der Waals surface area contributed by atoms with Gasteiger partial charge in [0.05, 0.1) is 17.3 Å². The summed E-state index contributed by atoms with van der Waals surface area (Å²) in [5, 5.41) is 3.37. The van der Waals surface area contributed by atoms with Crippen molar-refractivity contribution in [1.29, 1.82) is 0 Å². The molecule has 8 nitrogen and oxygen atoms in total. The summed E-state index contributed by atoms with van der Waals surface area (Å²) in [5.74, 6) is 0.962. The number of imidazole rings is 1. The zero-order valence-electron chi connectivity index (χ0n) is 17.2. The molecule has 8 heteroatoms. The Morgan fingerprint density at radius 1 is 1.07 bits per heavy atom. The average Bonchev–Trinajstić information content (AvgIpc) is 3.42. The van der Waals surface area contributed by atoms with Crippen LogP contribution < -0.4 is 5.32 Å². The first-order valence-electron chi connectivity index (χ1n) is 10.5. The molecule has 30 heavy (non-hydrogen) atoms. The van der Waals surface area contributed by atoms with Gasteiger partial charge in [-0.3, -0.25) is 9.59 Å². The summed E-state index contributed by atoms with van der Waals surface area (Å²) in [4.78, 5) is 33.7. The van der Waals surface area contributed by atoms with E-state index in [1.807, 2.05) is 33.7 Å². The molecule has 2 amide bonds. The number of carbonyl (C=O) groups excluding carboxylic acids is 2. The highest BCUT2D eigenvalue weighted by atomic mass is 16.3. The first-order valence-corrected chi connectivity index (χ1v) is 10.5. The van der Waals surface area contributed by atoms with E-state index in [0.29, 0.717) is 31.9 Å². The Kier molecular flexibility index (Phi) is 6.02. The highest BCUT2D eigenvalue weighted by Crippen LogP contribution is 2.20. The van der Waals surface area contributed by atoms with Gasteiger partial charge >= 0.3 is 0 Å². The van der Waals surface area contributed by atoms with Crippen molar-refractivity contribution in [1.82, 2.24) is 19.4 Å². The first-order chi connectivity index (χ1) is 14.7. The van der Waals surface area contributed by atoms with E-state index < -0.39 is 0 Å². The molecule has 1 aliphatic heterocycles. The van der Waals surface area contributed by atoms with Crippen molar-refractivity contribution in [3.05, 3.63) is 48.4 Å². The molecule has 0 atom stereocenters. The van der Waals surface area contributed by atoms with Gasteiger partial charge < -0.3 is 24.1 Å². The van der Waals surface area contributed by atoms with Gasteiger partial charge in [0, 0.05) is 32.7 Å². The lowest BCUT2D eigenvalue weighted by Gasteiger charge is -2.34. The van der Waals surface area contributed by atoms with Crippen LogP contribution in [0.15, 0.2) is 47.1 Å². The first kappa shape index (κ1) is 20.0. The van der Waals surface area contributed by atoms with Gasteiger partial charge in [0.15, 0.2) is 5.76 Å². The molecule has 3 aromatic rings. The van der Waals surface area contributed by atoms with Gasteiger partial charge in [-0.05, 0) is 30.7 Å². The van der Waals surface area contributed by atoms with Crippen molar-refractivity contribution < 1.29 is 14.0 Å². The van der Waals surface area contributed by atoms with Crippen molar-refractivity contribution >= 4 is 28.8 Å². The van der Waals surface area contributed by atoms with Crippen molar-refractivity contribution in [2.75, 3.05) is 38.0 Å².